The SMILES string of the molecule is CCOc1ccc(S(=O)(=O)Nc2ccc3sncc3c2)cc1. The summed E-state index contributed by atoms with van der Waals surface area (Å²) in [5, 5.41) is 0.914. The molecule has 0 amide bonds. The van der Waals surface area contributed by atoms with Crippen LogP contribution < -0.4 is 9.46 Å². The lowest BCUT2D eigenvalue weighted by Gasteiger charge is -2.09. The van der Waals surface area contributed by atoms with E-state index in [1.165, 1.54) is 23.7 Å². The molecule has 3 rings (SSSR count). The van der Waals surface area contributed by atoms with Crippen molar-refractivity contribution in [3.63, 3.8) is 0 Å². The first kappa shape index (κ1) is 14.8. The topological polar surface area (TPSA) is 68.3 Å². The molecular formula is C15H14N2O3S2. The molecule has 0 atom stereocenters. The first-order valence-electron chi connectivity index (χ1n) is 6.68. The van der Waals surface area contributed by atoms with Crippen LogP contribution >= 0.6 is 11.5 Å². The Balaban J connectivity index is 1.85. The summed E-state index contributed by atoms with van der Waals surface area (Å²) in [6.07, 6.45) is 1.72. The van der Waals surface area contributed by atoms with Crippen molar-refractivity contribution in [2.75, 3.05) is 11.3 Å². The number of aromatic nitrogens is 1. The van der Waals surface area contributed by atoms with E-state index in [4.69, 9.17) is 4.74 Å². The van der Waals surface area contributed by atoms with Gasteiger partial charge in [0.15, 0.2) is 0 Å². The third kappa shape index (κ3) is 3.05. The molecule has 0 aliphatic carbocycles. The van der Waals surface area contributed by atoms with Gasteiger partial charge in [0.25, 0.3) is 10.0 Å². The molecule has 1 heterocycles. The first-order chi connectivity index (χ1) is 10.6. The fraction of sp³-hybridized carbons (Fsp3) is 0.133. The van der Waals surface area contributed by atoms with E-state index in [9.17, 15) is 8.42 Å². The lowest BCUT2D eigenvalue weighted by Crippen LogP contribution is -2.12. The second-order valence-electron chi connectivity index (χ2n) is 4.59. The molecule has 114 valence electrons. The molecule has 0 bridgehead atoms. The normalized spacial score (nSPS) is 11.5. The summed E-state index contributed by atoms with van der Waals surface area (Å²) in [5.74, 6) is 0.646. The van der Waals surface area contributed by atoms with Crippen LogP contribution in [0.4, 0.5) is 5.69 Å². The lowest BCUT2D eigenvalue weighted by atomic mass is 10.2. The van der Waals surface area contributed by atoms with Crippen molar-refractivity contribution in [3.8, 4) is 5.75 Å². The Morgan fingerprint density at radius 3 is 2.68 bits per heavy atom. The van der Waals surface area contributed by atoms with Gasteiger partial charge in [-0.05, 0) is 60.9 Å². The summed E-state index contributed by atoms with van der Waals surface area (Å²) in [5.41, 5.74) is 0.515. The van der Waals surface area contributed by atoms with Gasteiger partial charge in [-0.15, -0.1) is 0 Å². The van der Waals surface area contributed by atoms with Crippen molar-refractivity contribution >= 4 is 37.3 Å². The van der Waals surface area contributed by atoms with E-state index in [2.05, 4.69) is 9.10 Å². The van der Waals surface area contributed by atoms with E-state index in [1.54, 1.807) is 30.5 Å². The number of sulfonamides is 1. The number of hydrogen-bond donors (Lipinski definition) is 1. The molecule has 1 N–H and O–H groups in total. The highest BCUT2D eigenvalue weighted by Gasteiger charge is 2.14. The van der Waals surface area contributed by atoms with E-state index >= 15 is 0 Å². The van der Waals surface area contributed by atoms with Crippen LogP contribution in [0, 0.1) is 0 Å². The summed E-state index contributed by atoms with van der Waals surface area (Å²) in [4.78, 5) is 0.194. The molecule has 0 aliphatic heterocycles. The molecule has 0 spiro atoms. The number of hydrogen-bond acceptors (Lipinski definition) is 5. The molecule has 0 fully saturated rings. The highest BCUT2D eigenvalue weighted by atomic mass is 32.2. The van der Waals surface area contributed by atoms with Crippen molar-refractivity contribution in [1.82, 2.24) is 4.37 Å². The molecule has 0 saturated carbocycles. The van der Waals surface area contributed by atoms with E-state index in [0.29, 0.717) is 18.0 Å². The van der Waals surface area contributed by atoms with Crippen molar-refractivity contribution in [1.29, 1.82) is 0 Å². The van der Waals surface area contributed by atoms with E-state index in [0.717, 1.165) is 10.1 Å². The van der Waals surface area contributed by atoms with Crippen LogP contribution in [-0.2, 0) is 10.0 Å². The highest BCUT2D eigenvalue weighted by Crippen LogP contribution is 2.24. The van der Waals surface area contributed by atoms with Crippen LogP contribution in [0.5, 0.6) is 5.75 Å². The predicted molar refractivity (Wildman–Crippen MR) is 88.0 cm³/mol. The smallest absolute Gasteiger partial charge is 0.261 e. The second-order valence-corrected chi connectivity index (χ2v) is 7.10. The number of anilines is 1. The van der Waals surface area contributed by atoms with Gasteiger partial charge in [0, 0.05) is 17.3 Å². The van der Waals surface area contributed by atoms with E-state index < -0.39 is 10.0 Å². The summed E-state index contributed by atoms with van der Waals surface area (Å²) >= 11 is 1.38. The van der Waals surface area contributed by atoms with Crippen LogP contribution in [-0.4, -0.2) is 19.4 Å². The first-order valence-corrected chi connectivity index (χ1v) is 8.94. The van der Waals surface area contributed by atoms with Gasteiger partial charge in [0.2, 0.25) is 0 Å². The Morgan fingerprint density at radius 2 is 1.95 bits per heavy atom. The summed E-state index contributed by atoms with van der Waals surface area (Å²) in [7, 11) is -3.62. The Kier molecular flexibility index (Phi) is 4.00. The second kappa shape index (κ2) is 5.94. The van der Waals surface area contributed by atoms with Gasteiger partial charge in [-0.3, -0.25) is 4.72 Å². The minimum Gasteiger partial charge on any atom is -0.494 e. The van der Waals surface area contributed by atoms with Crippen molar-refractivity contribution < 1.29 is 13.2 Å². The van der Waals surface area contributed by atoms with Gasteiger partial charge in [0.05, 0.1) is 16.2 Å². The zero-order valence-corrected chi connectivity index (χ0v) is 13.4. The fourth-order valence-corrected chi connectivity index (χ4v) is 3.71. The minimum atomic E-state index is -3.62. The number of nitrogens with one attached hydrogen (secondary N) is 1. The predicted octanol–water partition coefficient (Wildman–Crippen LogP) is 3.50. The van der Waals surface area contributed by atoms with E-state index in [-0.39, 0.29) is 4.90 Å². The Morgan fingerprint density at radius 1 is 1.18 bits per heavy atom. The molecule has 5 nitrogen and oxygen atoms in total. The summed E-state index contributed by atoms with van der Waals surface area (Å²) < 4.78 is 37.7. The Labute approximate surface area is 132 Å². The number of benzene rings is 2. The zero-order valence-electron chi connectivity index (χ0n) is 11.8. The molecule has 7 heteroatoms. The van der Waals surface area contributed by atoms with E-state index in [1.807, 2.05) is 13.0 Å². The molecule has 22 heavy (non-hydrogen) atoms. The Hall–Kier alpha value is -2.12. The van der Waals surface area contributed by atoms with Crippen LogP contribution in [0.1, 0.15) is 6.92 Å². The van der Waals surface area contributed by atoms with Crippen molar-refractivity contribution in [3.05, 3.63) is 48.7 Å². The monoisotopic (exact) mass is 334 g/mol. The number of fused-ring (bicyclic) bond motifs is 1. The van der Waals surface area contributed by atoms with Crippen molar-refractivity contribution in [2.45, 2.75) is 11.8 Å². The number of nitrogens with zero attached hydrogens (tertiary/aromatic N) is 1. The molecule has 0 radical (unpaired) electrons. The van der Waals surface area contributed by atoms with Gasteiger partial charge in [-0.25, -0.2) is 8.42 Å². The molecule has 0 unspecified atom stereocenters. The molecule has 2 aromatic carbocycles. The summed E-state index contributed by atoms with van der Waals surface area (Å²) in [6.45, 7) is 2.42. The maximum Gasteiger partial charge on any atom is 0.261 e. The van der Waals surface area contributed by atoms with Gasteiger partial charge in [-0.1, -0.05) is 0 Å². The fourth-order valence-electron chi connectivity index (χ4n) is 2.03. The van der Waals surface area contributed by atoms with Crippen LogP contribution in [0.3, 0.4) is 0 Å². The quantitative estimate of drug-likeness (QED) is 0.775. The van der Waals surface area contributed by atoms with Gasteiger partial charge in [0.1, 0.15) is 5.75 Å². The maximum atomic E-state index is 12.4. The average Bonchev–Trinajstić information content (AvgIpc) is 2.95. The van der Waals surface area contributed by atoms with Gasteiger partial charge >= 0.3 is 0 Å². The molecule has 0 saturated heterocycles. The third-order valence-electron chi connectivity index (χ3n) is 3.05. The minimum absolute atomic E-state index is 0.194. The van der Waals surface area contributed by atoms with Crippen LogP contribution in [0.15, 0.2) is 53.6 Å². The summed E-state index contributed by atoms with van der Waals surface area (Å²) in [6, 6.07) is 11.7. The third-order valence-corrected chi connectivity index (χ3v) is 5.23. The van der Waals surface area contributed by atoms with Gasteiger partial charge in [-0.2, -0.15) is 4.37 Å². The number of ether oxygens (including phenoxy) is 1. The van der Waals surface area contributed by atoms with Crippen molar-refractivity contribution in [2.24, 2.45) is 0 Å². The standard InChI is InChI=1S/C15H14N2O3S2/c1-2-20-13-4-6-14(7-5-13)22(18,19)17-12-3-8-15-11(9-12)10-16-21-15/h3-10,17H,2H2,1H3. The van der Waals surface area contributed by atoms with Crippen LogP contribution in [0.2, 0.25) is 0 Å². The maximum absolute atomic E-state index is 12.4. The molecule has 0 aliphatic rings. The number of rotatable bonds is 5. The van der Waals surface area contributed by atoms with Crippen LogP contribution in [0.25, 0.3) is 10.1 Å². The highest BCUT2D eigenvalue weighted by molar-refractivity contribution is 7.92. The molecule has 3 aromatic rings. The average molecular weight is 334 g/mol. The Bertz CT molecular complexity index is 887. The molecule has 1 aromatic heterocycles. The largest absolute Gasteiger partial charge is 0.494 e. The van der Waals surface area contributed by atoms with Gasteiger partial charge < -0.3 is 4.74 Å². The molecular weight excluding hydrogens is 320 g/mol. The zero-order chi connectivity index (χ0) is 15.6. The lowest BCUT2D eigenvalue weighted by molar-refractivity contribution is 0.340.